The van der Waals surface area contributed by atoms with Crippen LogP contribution >= 0.6 is 0 Å². The van der Waals surface area contributed by atoms with Crippen molar-refractivity contribution in [3.05, 3.63) is 30.3 Å². The highest BCUT2D eigenvalue weighted by Gasteiger charge is 2.06. The molecule has 0 aromatic heterocycles. The summed E-state index contributed by atoms with van der Waals surface area (Å²) in [6.07, 6.45) is 0. The number of carbonyl (C=O) groups excluding carboxylic acids is 1. The fourth-order valence-electron chi connectivity index (χ4n) is 0.718. The van der Waals surface area contributed by atoms with E-state index in [1.165, 1.54) is 0 Å². The monoisotopic (exact) mass is 163 g/mol. The topological polar surface area (TPSA) is 55.1 Å². The zero-order valence-electron chi connectivity index (χ0n) is 6.87. The number of hydrogen-bond acceptors (Lipinski definition) is 2. The molecular formula is C9H11N2O. The fourth-order valence-corrected chi connectivity index (χ4v) is 0.718. The van der Waals surface area contributed by atoms with E-state index in [1.807, 2.05) is 12.1 Å². The Hall–Kier alpha value is -1.35. The van der Waals surface area contributed by atoms with Crippen molar-refractivity contribution >= 4 is 11.6 Å². The van der Waals surface area contributed by atoms with Gasteiger partial charge in [0.05, 0.1) is 6.04 Å². The lowest BCUT2D eigenvalue weighted by Crippen LogP contribution is -2.32. The molecule has 0 bridgehead atoms. The minimum Gasteiger partial charge on any atom is -0.324 e. The maximum atomic E-state index is 11.1. The number of amides is 1. The summed E-state index contributed by atoms with van der Waals surface area (Å²) in [5.74, 6) is -0.197. The molecule has 12 heavy (non-hydrogen) atoms. The van der Waals surface area contributed by atoms with Crippen LogP contribution in [0.4, 0.5) is 5.69 Å². The summed E-state index contributed by atoms with van der Waals surface area (Å²) in [7, 11) is 0. The Morgan fingerprint density at radius 2 is 2.42 bits per heavy atom. The van der Waals surface area contributed by atoms with E-state index in [0.29, 0.717) is 5.69 Å². The van der Waals surface area contributed by atoms with E-state index in [1.54, 1.807) is 19.1 Å². The lowest BCUT2D eigenvalue weighted by molar-refractivity contribution is -0.117. The van der Waals surface area contributed by atoms with Gasteiger partial charge in [-0.05, 0) is 13.0 Å². The van der Waals surface area contributed by atoms with Gasteiger partial charge < -0.3 is 11.1 Å². The number of anilines is 1. The van der Waals surface area contributed by atoms with Gasteiger partial charge in [0.2, 0.25) is 5.91 Å². The maximum Gasteiger partial charge on any atom is 0.241 e. The molecule has 3 nitrogen and oxygen atoms in total. The van der Waals surface area contributed by atoms with Gasteiger partial charge in [0, 0.05) is 11.8 Å². The van der Waals surface area contributed by atoms with Crippen molar-refractivity contribution in [1.82, 2.24) is 0 Å². The lowest BCUT2D eigenvalue weighted by Gasteiger charge is -2.06. The summed E-state index contributed by atoms with van der Waals surface area (Å²) in [6.45, 7) is 1.64. The lowest BCUT2D eigenvalue weighted by atomic mass is 10.3. The largest absolute Gasteiger partial charge is 0.324 e. The second-order valence-electron chi connectivity index (χ2n) is 2.55. The molecule has 0 spiro atoms. The molecule has 1 atom stereocenters. The van der Waals surface area contributed by atoms with Crippen LogP contribution in [0.15, 0.2) is 24.3 Å². The van der Waals surface area contributed by atoms with Crippen LogP contribution in [0.5, 0.6) is 0 Å². The molecule has 1 aromatic carbocycles. The first-order chi connectivity index (χ1) is 5.70. The predicted molar refractivity (Wildman–Crippen MR) is 47.6 cm³/mol. The molecule has 0 aliphatic rings. The number of benzene rings is 1. The van der Waals surface area contributed by atoms with Crippen LogP contribution in [0.1, 0.15) is 6.92 Å². The van der Waals surface area contributed by atoms with Crippen molar-refractivity contribution < 1.29 is 4.79 Å². The highest BCUT2D eigenvalue weighted by Crippen LogP contribution is 2.03. The second-order valence-corrected chi connectivity index (χ2v) is 2.55. The summed E-state index contributed by atoms with van der Waals surface area (Å²) in [5.41, 5.74) is 6.01. The van der Waals surface area contributed by atoms with Crippen LogP contribution in [0, 0.1) is 6.07 Å². The van der Waals surface area contributed by atoms with E-state index in [-0.39, 0.29) is 5.91 Å². The fraction of sp³-hybridized carbons (Fsp3) is 0.222. The Morgan fingerprint density at radius 3 is 2.92 bits per heavy atom. The molecule has 1 aromatic rings. The molecule has 1 amide bonds. The Bertz CT molecular complexity index is 256. The van der Waals surface area contributed by atoms with Crippen molar-refractivity contribution in [3.8, 4) is 0 Å². The molecule has 0 saturated carbocycles. The highest BCUT2D eigenvalue weighted by atomic mass is 16.2. The average Bonchev–Trinajstić information content (AvgIpc) is 2.06. The number of para-hydroxylation sites is 1. The van der Waals surface area contributed by atoms with Gasteiger partial charge in [-0.1, -0.05) is 18.2 Å². The van der Waals surface area contributed by atoms with E-state index in [4.69, 9.17) is 5.73 Å². The van der Waals surface area contributed by atoms with Gasteiger partial charge in [-0.15, -0.1) is 0 Å². The molecule has 1 rings (SSSR count). The molecular weight excluding hydrogens is 152 g/mol. The third kappa shape index (κ3) is 2.36. The van der Waals surface area contributed by atoms with Gasteiger partial charge in [-0.3, -0.25) is 4.79 Å². The quantitative estimate of drug-likeness (QED) is 0.676. The molecule has 63 valence electrons. The van der Waals surface area contributed by atoms with E-state index in [0.717, 1.165) is 0 Å². The van der Waals surface area contributed by atoms with Gasteiger partial charge in [-0.25, -0.2) is 0 Å². The first-order valence-electron chi connectivity index (χ1n) is 3.73. The molecule has 0 aliphatic heterocycles. The molecule has 3 N–H and O–H groups in total. The number of nitrogens with one attached hydrogen (secondary N) is 1. The van der Waals surface area contributed by atoms with Crippen LogP contribution in [-0.4, -0.2) is 11.9 Å². The van der Waals surface area contributed by atoms with Gasteiger partial charge in [0.25, 0.3) is 0 Å². The van der Waals surface area contributed by atoms with Crippen molar-refractivity contribution in [2.24, 2.45) is 5.73 Å². The second kappa shape index (κ2) is 3.88. The molecule has 0 fully saturated rings. The summed E-state index contributed by atoms with van der Waals surface area (Å²) in [6, 6.07) is 9.54. The molecule has 0 saturated heterocycles. The Kier molecular flexibility index (Phi) is 2.82. The normalized spacial score (nSPS) is 12.2. The maximum absolute atomic E-state index is 11.1. The third-order valence-corrected chi connectivity index (χ3v) is 1.38. The van der Waals surface area contributed by atoms with Crippen molar-refractivity contribution in [1.29, 1.82) is 0 Å². The SMILES string of the molecule is C[C@H](N)C(=O)Nc1[c]cccc1. The molecule has 1 radical (unpaired) electrons. The van der Waals surface area contributed by atoms with Gasteiger partial charge in [-0.2, -0.15) is 0 Å². The zero-order chi connectivity index (χ0) is 8.97. The summed E-state index contributed by atoms with van der Waals surface area (Å²) in [5, 5.41) is 2.62. The smallest absolute Gasteiger partial charge is 0.241 e. The zero-order valence-corrected chi connectivity index (χ0v) is 6.87. The van der Waals surface area contributed by atoms with Crippen molar-refractivity contribution in [2.45, 2.75) is 13.0 Å². The number of nitrogens with two attached hydrogens (primary N) is 1. The van der Waals surface area contributed by atoms with E-state index in [2.05, 4.69) is 11.4 Å². The Balaban J connectivity index is 2.59. The first kappa shape index (κ1) is 8.74. The van der Waals surface area contributed by atoms with Gasteiger partial charge in [0.1, 0.15) is 0 Å². The Morgan fingerprint density at radius 1 is 1.67 bits per heavy atom. The van der Waals surface area contributed by atoms with Gasteiger partial charge >= 0.3 is 0 Å². The van der Waals surface area contributed by atoms with Crippen LogP contribution in [0.2, 0.25) is 0 Å². The minimum absolute atomic E-state index is 0.197. The van der Waals surface area contributed by atoms with Crippen LogP contribution < -0.4 is 11.1 Å². The molecule has 0 aliphatic carbocycles. The standard InChI is InChI=1S/C9H11N2O/c1-7(10)9(12)11-8-5-3-2-4-6-8/h2-5,7H,10H2,1H3,(H,11,12)/t7-/m0/s1. The van der Waals surface area contributed by atoms with Crippen molar-refractivity contribution in [3.63, 3.8) is 0 Å². The minimum atomic E-state index is -0.487. The van der Waals surface area contributed by atoms with Crippen LogP contribution in [-0.2, 0) is 4.79 Å². The van der Waals surface area contributed by atoms with Crippen molar-refractivity contribution in [2.75, 3.05) is 5.32 Å². The van der Waals surface area contributed by atoms with Gasteiger partial charge in [0.15, 0.2) is 0 Å². The van der Waals surface area contributed by atoms with Crippen LogP contribution in [0.3, 0.4) is 0 Å². The first-order valence-corrected chi connectivity index (χ1v) is 3.73. The average molecular weight is 163 g/mol. The van der Waals surface area contributed by atoms with E-state index < -0.39 is 6.04 Å². The summed E-state index contributed by atoms with van der Waals surface area (Å²) in [4.78, 5) is 11.1. The third-order valence-electron chi connectivity index (χ3n) is 1.38. The molecule has 0 unspecified atom stereocenters. The Labute approximate surface area is 71.6 Å². The summed E-state index contributed by atoms with van der Waals surface area (Å²) >= 11 is 0. The van der Waals surface area contributed by atoms with E-state index >= 15 is 0 Å². The molecule has 0 heterocycles. The molecule has 3 heteroatoms. The number of carbonyl (C=O) groups is 1. The van der Waals surface area contributed by atoms with Crippen LogP contribution in [0.25, 0.3) is 0 Å². The predicted octanol–water partition coefficient (Wildman–Crippen LogP) is 0.772. The highest BCUT2D eigenvalue weighted by molar-refractivity contribution is 5.94. The summed E-state index contributed by atoms with van der Waals surface area (Å²) < 4.78 is 0. The number of hydrogen-bond donors (Lipinski definition) is 2. The number of rotatable bonds is 2. The van der Waals surface area contributed by atoms with E-state index in [9.17, 15) is 4.79 Å².